The van der Waals surface area contributed by atoms with E-state index in [1.54, 1.807) is 28.7 Å². The van der Waals surface area contributed by atoms with Crippen molar-refractivity contribution in [1.82, 2.24) is 24.5 Å². The van der Waals surface area contributed by atoms with Gasteiger partial charge in [-0.15, -0.1) is 5.10 Å². The first-order valence-corrected chi connectivity index (χ1v) is 17.5. The number of pyridine rings is 1. The number of amides is 2. The topological polar surface area (TPSA) is 165 Å². The molecule has 8 rings (SSSR count). The van der Waals surface area contributed by atoms with Gasteiger partial charge in [-0.2, -0.15) is 0 Å². The van der Waals surface area contributed by atoms with Crippen LogP contribution in [0.4, 0.5) is 20.2 Å². The molecule has 4 aliphatic rings. The lowest BCUT2D eigenvalue weighted by Crippen LogP contribution is -2.49. The Balaban J connectivity index is 1.02. The number of methoxy groups -OCH3 is 1. The molecular formula is C36H36F2N8O7. The molecule has 0 spiro atoms. The molecule has 1 N–H and O–H groups in total. The van der Waals surface area contributed by atoms with Crippen LogP contribution in [-0.4, -0.2) is 92.5 Å². The van der Waals surface area contributed by atoms with Crippen molar-refractivity contribution >= 4 is 45.8 Å². The predicted octanol–water partition coefficient (Wildman–Crippen LogP) is 3.33. The van der Waals surface area contributed by atoms with Crippen LogP contribution in [0.3, 0.4) is 0 Å². The smallest absolute Gasteiger partial charge is 0.341 e. The lowest BCUT2D eigenvalue weighted by molar-refractivity contribution is -0.136. The number of carbonyl (C=O) groups is 3. The van der Waals surface area contributed by atoms with Crippen LogP contribution in [0.5, 0.6) is 5.75 Å². The Morgan fingerprint density at radius 1 is 1.09 bits per heavy atom. The van der Waals surface area contributed by atoms with Crippen LogP contribution in [0.15, 0.2) is 46.6 Å². The van der Waals surface area contributed by atoms with Crippen LogP contribution in [0.2, 0.25) is 0 Å². The first-order chi connectivity index (χ1) is 25.6. The zero-order chi connectivity index (χ0) is 37.1. The maximum absolute atomic E-state index is 16.1. The summed E-state index contributed by atoms with van der Waals surface area (Å²) in [5.74, 6) is -3.25. The van der Waals surface area contributed by atoms with Crippen molar-refractivity contribution in [2.24, 2.45) is 11.1 Å². The lowest BCUT2D eigenvalue weighted by Gasteiger charge is -2.36. The number of hydrogen-bond donors (Lipinski definition) is 1. The highest BCUT2D eigenvalue weighted by atomic mass is 19.1. The third-order valence-corrected chi connectivity index (χ3v) is 10.4. The van der Waals surface area contributed by atoms with Crippen molar-refractivity contribution < 1.29 is 37.8 Å². The molecule has 2 saturated heterocycles. The molecule has 17 heteroatoms. The van der Waals surface area contributed by atoms with E-state index in [-0.39, 0.29) is 71.7 Å². The number of hydrogen-bond acceptors (Lipinski definition) is 10. The van der Waals surface area contributed by atoms with Crippen molar-refractivity contribution in [3.05, 3.63) is 75.3 Å². The second-order valence-electron chi connectivity index (χ2n) is 13.7. The van der Waals surface area contributed by atoms with Crippen molar-refractivity contribution in [2.45, 2.75) is 57.8 Å². The van der Waals surface area contributed by atoms with E-state index in [2.05, 4.69) is 15.5 Å². The van der Waals surface area contributed by atoms with Crippen molar-refractivity contribution in [3.8, 4) is 5.75 Å². The molecule has 2 atom stereocenters. The van der Waals surface area contributed by atoms with Gasteiger partial charge < -0.3 is 29.0 Å². The average Bonchev–Trinajstić information content (AvgIpc) is 3.64. The normalized spacial score (nSPS) is 20.3. The molecule has 3 aliphatic heterocycles. The zero-order valence-electron chi connectivity index (χ0n) is 29.0. The number of aromatic carboxylic acids is 1. The van der Waals surface area contributed by atoms with Crippen LogP contribution in [0.25, 0.3) is 10.9 Å². The second kappa shape index (κ2) is 13.3. The number of benzene rings is 2. The van der Waals surface area contributed by atoms with Gasteiger partial charge in [-0.1, -0.05) is 16.4 Å². The molecule has 5 heterocycles. The highest BCUT2D eigenvalue weighted by Crippen LogP contribution is 2.45. The zero-order valence-corrected chi connectivity index (χ0v) is 29.0. The van der Waals surface area contributed by atoms with Gasteiger partial charge in [-0.25, -0.2) is 18.3 Å². The number of piperidine rings is 1. The van der Waals surface area contributed by atoms with Gasteiger partial charge in [0.05, 0.1) is 48.0 Å². The molecule has 0 radical (unpaired) electrons. The maximum Gasteiger partial charge on any atom is 0.341 e. The number of rotatable bonds is 10. The molecule has 4 aromatic rings. The van der Waals surface area contributed by atoms with E-state index in [4.69, 9.17) is 9.57 Å². The Hall–Kier alpha value is -5.87. The number of aromatic nitrogens is 4. The van der Waals surface area contributed by atoms with Crippen LogP contribution >= 0.6 is 0 Å². The van der Waals surface area contributed by atoms with Crippen molar-refractivity contribution in [3.63, 3.8) is 0 Å². The molecule has 0 unspecified atom stereocenters. The number of oxime groups is 1. The summed E-state index contributed by atoms with van der Waals surface area (Å²) in [4.78, 5) is 62.2. The molecule has 1 aliphatic carbocycles. The first kappa shape index (κ1) is 34.2. The van der Waals surface area contributed by atoms with E-state index < -0.39 is 34.5 Å². The lowest BCUT2D eigenvalue weighted by atomic mass is 9.92. The second-order valence-corrected chi connectivity index (χ2v) is 13.7. The predicted molar refractivity (Wildman–Crippen MR) is 186 cm³/mol. The van der Waals surface area contributed by atoms with Crippen molar-refractivity contribution in [1.29, 1.82) is 0 Å². The third-order valence-electron chi connectivity index (χ3n) is 10.4. The number of carboxylic acid groups (broad SMARTS) is 1. The van der Waals surface area contributed by atoms with Gasteiger partial charge in [0.1, 0.15) is 35.9 Å². The van der Waals surface area contributed by atoms with E-state index >= 15 is 4.39 Å². The molecule has 2 aromatic carbocycles. The van der Waals surface area contributed by atoms with E-state index in [1.807, 2.05) is 4.90 Å². The van der Waals surface area contributed by atoms with Gasteiger partial charge >= 0.3 is 5.97 Å². The van der Waals surface area contributed by atoms with Gasteiger partial charge in [-0.3, -0.25) is 19.3 Å². The molecule has 53 heavy (non-hydrogen) atoms. The summed E-state index contributed by atoms with van der Waals surface area (Å²) in [5, 5.41) is 21.8. The van der Waals surface area contributed by atoms with Crippen LogP contribution in [0, 0.1) is 17.6 Å². The fourth-order valence-electron chi connectivity index (χ4n) is 7.96. The van der Waals surface area contributed by atoms with E-state index in [0.29, 0.717) is 36.5 Å². The first-order valence-electron chi connectivity index (χ1n) is 17.5. The fraction of sp³-hybridized carbons (Fsp3) is 0.417. The van der Waals surface area contributed by atoms with Gasteiger partial charge in [0.25, 0.3) is 5.91 Å². The van der Waals surface area contributed by atoms with Crippen LogP contribution < -0.4 is 20.0 Å². The summed E-state index contributed by atoms with van der Waals surface area (Å²) < 4.78 is 39.7. The van der Waals surface area contributed by atoms with Crippen molar-refractivity contribution in [2.75, 3.05) is 43.2 Å². The number of halogens is 2. The number of nitrogens with zero attached hydrogens (tertiary/aromatic N) is 8. The summed E-state index contributed by atoms with van der Waals surface area (Å²) in [6.07, 6.45) is 6.04. The minimum Gasteiger partial charge on any atom is -0.492 e. The molecule has 3 fully saturated rings. The quantitative estimate of drug-likeness (QED) is 0.240. The number of carbonyl (C=O) groups excluding carboxylic acids is 2. The van der Waals surface area contributed by atoms with Gasteiger partial charge in [-0.05, 0) is 56.7 Å². The Kier molecular flexibility index (Phi) is 8.57. The SMILES string of the molecule is CCO/N=C1/C(=O)N(Cc2cn(CC(=O)N3CCC[C@@H]4CN(c5c(F)cc6c(=O)c(C(=O)O)cn(C7CC7)c6c5OC)C[C@@H]43)nn2)c2cccc(F)c21. The molecule has 2 aromatic heterocycles. The Labute approximate surface area is 300 Å². The molecule has 2 amide bonds. The third kappa shape index (κ3) is 5.83. The molecular weight excluding hydrogens is 694 g/mol. The Morgan fingerprint density at radius 2 is 1.91 bits per heavy atom. The number of carboxylic acids is 1. The fourth-order valence-corrected chi connectivity index (χ4v) is 7.96. The van der Waals surface area contributed by atoms with E-state index in [1.165, 1.54) is 35.0 Å². The highest BCUT2D eigenvalue weighted by Gasteiger charge is 2.43. The Morgan fingerprint density at radius 3 is 2.64 bits per heavy atom. The maximum atomic E-state index is 16.1. The van der Waals surface area contributed by atoms with Gasteiger partial charge in [0.2, 0.25) is 11.3 Å². The summed E-state index contributed by atoms with van der Waals surface area (Å²) in [7, 11) is 1.40. The number of fused-ring (bicyclic) bond motifs is 3. The molecule has 1 saturated carbocycles. The summed E-state index contributed by atoms with van der Waals surface area (Å²) in [6.45, 7) is 3.00. The standard InChI is InChI=1S/C36H36F2N8O7/c1-3-53-40-30-29-24(37)7-4-8-26(29)46(35(30)49)15-20-14-43(41-39-20)18-28(47)44-11-5-6-19-13-42(17-27(19)44)32-25(38)12-22-31(34(32)52-2)45(21-9-10-21)16-23(33(22)48)36(50)51/h4,7-8,12,14,16,19,21,27H,3,5-6,9-11,13,15,17-18H2,1-2H3,(H,50,51)/b40-30+/t19-,27+/m1/s1. The molecule has 0 bridgehead atoms. The summed E-state index contributed by atoms with van der Waals surface area (Å²) in [5.41, 5.74) is -0.0671. The van der Waals surface area contributed by atoms with Crippen LogP contribution in [0.1, 0.15) is 60.3 Å². The van der Waals surface area contributed by atoms with E-state index in [0.717, 1.165) is 31.7 Å². The molecule has 276 valence electrons. The number of anilines is 2. The largest absolute Gasteiger partial charge is 0.492 e. The summed E-state index contributed by atoms with van der Waals surface area (Å²) in [6, 6.07) is 5.18. The number of likely N-dealkylation sites (tertiary alicyclic amines) is 1. The Bertz CT molecular complexity index is 2270. The van der Waals surface area contributed by atoms with Gasteiger partial charge in [0.15, 0.2) is 17.3 Å². The van der Waals surface area contributed by atoms with E-state index in [9.17, 15) is 28.7 Å². The number of ether oxygens (including phenoxy) is 1. The molecule has 15 nitrogen and oxygen atoms in total. The average molecular weight is 731 g/mol. The summed E-state index contributed by atoms with van der Waals surface area (Å²) >= 11 is 0. The minimum absolute atomic E-state index is 0.0312. The minimum atomic E-state index is -1.38. The van der Waals surface area contributed by atoms with Gasteiger partial charge in [0, 0.05) is 31.9 Å². The highest BCUT2D eigenvalue weighted by molar-refractivity contribution is 6.54. The van der Waals surface area contributed by atoms with Crippen LogP contribution in [-0.2, 0) is 27.5 Å². The monoisotopic (exact) mass is 730 g/mol.